The van der Waals surface area contributed by atoms with Crippen LogP contribution in [-0.2, 0) is 4.79 Å². The molecule has 4 nitrogen and oxygen atoms in total. The van der Waals surface area contributed by atoms with Crippen molar-refractivity contribution in [1.29, 1.82) is 0 Å². The van der Waals surface area contributed by atoms with E-state index in [2.05, 4.69) is 29.7 Å². The predicted octanol–water partition coefficient (Wildman–Crippen LogP) is 4.64. The summed E-state index contributed by atoms with van der Waals surface area (Å²) in [5.74, 6) is 1.81. The van der Waals surface area contributed by atoms with Crippen molar-refractivity contribution in [2.24, 2.45) is 17.6 Å². The fraction of sp³-hybridized carbons (Fsp3) is 0.783. The van der Waals surface area contributed by atoms with Crippen LogP contribution in [0.25, 0.3) is 0 Å². The molecule has 1 aliphatic heterocycles. The number of amides is 1. The van der Waals surface area contributed by atoms with Crippen LogP contribution >= 0.6 is 11.6 Å². The zero-order valence-electron chi connectivity index (χ0n) is 17.7. The molecule has 0 spiro atoms. The molecule has 158 valence electrons. The molecule has 0 aromatic carbocycles. The lowest BCUT2D eigenvalue weighted by Gasteiger charge is -2.36. The summed E-state index contributed by atoms with van der Waals surface area (Å²) in [5.41, 5.74) is 6.64. The first-order chi connectivity index (χ1) is 13.4. The maximum Gasteiger partial charge on any atom is 0.222 e. The van der Waals surface area contributed by atoms with E-state index in [-0.39, 0.29) is 6.04 Å². The summed E-state index contributed by atoms with van der Waals surface area (Å²) in [4.78, 5) is 17.4. The lowest BCUT2D eigenvalue weighted by atomic mass is 10.0. The number of hydrogen-bond acceptors (Lipinski definition) is 3. The quantitative estimate of drug-likeness (QED) is 0.637. The zero-order valence-corrected chi connectivity index (χ0v) is 18.5. The summed E-state index contributed by atoms with van der Waals surface area (Å²) in [7, 11) is 0. The summed E-state index contributed by atoms with van der Waals surface area (Å²) in [6.45, 7) is 7.35. The van der Waals surface area contributed by atoms with E-state index < -0.39 is 0 Å². The van der Waals surface area contributed by atoms with E-state index >= 15 is 0 Å². The Hall–Kier alpha value is -1.00. The number of hydrogen-bond donors (Lipinski definition) is 1. The van der Waals surface area contributed by atoms with Crippen molar-refractivity contribution >= 4 is 17.5 Å². The molecule has 28 heavy (non-hydrogen) atoms. The molecule has 1 unspecified atom stereocenters. The van der Waals surface area contributed by atoms with Crippen LogP contribution in [0.1, 0.15) is 71.6 Å². The van der Waals surface area contributed by atoms with Crippen LogP contribution in [0.3, 0.4) is 0 Å². The van der Waals surface area contributed by atoms with Crippen molar-refractivity contribution in [3.8, 4) is 0 Å². The van der Waals surface area contributed by atoms with Crippen molar-refractivity contribution in [2.75, 3.05) is 19.6 Å². The molecule has 0 aromatic heterocycles. The van der Waals surface area contributed by atoms with Gasteiger partial charge in [0.2, 0.25) is 5.91 Å². The summed E-state index contributed by atoms with van der Waals surface area (Å²) in [6, 6.07) is 0.713. The Balaban J connectivity index is 1.56. The molecule has 2 N–H and O–H groups in total. The second kappa shape index (κ2) is 10.2. The summed E-state index contributed by atoms with van der Waals surface area (Å²) in [5, 5.41) is 0.768. The zero-order chi connectivity index (χ0) is 20.1. The monoisotopic (exact) mass is 407 g/mol. The highest BCUT2D eigenvalue weighted by Crippen LogP contribution is 2.30. The van der Waals surface area contributed by atoms with E-state index in [4.69, 9.17) is 17.3 Å². The summed E-state index contributed by atoms with van der Waals surface area (Å²) >= 11 is 6.37. The Labute approximate surface area is 176 Å². The van der Waals surface area contributed by atoms with Gasteiger partial charge in [0.05, 0.1) is 0 Å². The highest BCUT2D eigenvalue weighted by Gasteiger charge is 2.34. The van der Waals surface area contributed by atoms with E-state index in [1.807, 2.05) is 6.08 Å². The van der Waals surface area contributed by atoms with Gasteiger partial charge in [-0.15, -0.1) is 0 Å². The molecule has 0 bridgehead atoms. The molecule has 1 saturated heterocycles. The third-order valence-electron chi connectivity index (χ3n) is 6.82. The maximum atomic E-state index is 12.8. The van der Waals surface area contributed by atoms with Gasteiger partial charge in [0, 0.05) is 48.7 Å². The predicted molar refractivity (Wildman–Crippen MR) is 117 cm³/mol. The standard InChI is InChI=1S/C23H38ClN3O/c1-17(2)11-14-27(19-8-9-22(25)21(24)15-19)20-12-13-26(16-20)23(28)10-7-18-5-3-4-6-18/h8-9,17-20H,3-7,10-16,25H2,1-2H3/t19?,20-/m0/s1. The van der Waals surface area contributed by atoms with Crippen LogP contribution < -0.4 is 5.73 Å². The van der Waals surface area contributed by atoms with Crippen LogP contribution in [0.2, 0.25) is 0 Å². The summed E-state index contributed by atoms with van der Waals surface area (Å²) < 4.78 is 0. The number of carbonyl (C=O) groups excluding carboxylic acids is 1. The number of allylic oxidation sites excluding steroid dienone is 1. The highest BCUT2D eigenvalue weighted by molar-refractivity contribution is 6.30. The molecule has 0 radical (unpaired) electrons. The first-order valence-corrected chi connectivity index (χ1v) is 11.7. The number of rotatable bonds is 8. The maximum absolute atomic E-state index is 12.8. The van der Waals surface area contributed by atoms with Gasteiger partial charge < -0.3 is 10.6 Å². The number of nitrogens with two attached hydrogens (primary N) is 1. The van der Waals surface area contributed by atoms with Crippen LogP contribution in [0.15, 0.2) is 22.9 Å². The second-order valence-electron chi connectivity index (χ2n) is 9.38. The molecule has 2 aliphatic carbocycles. The Morgan fingerprint density at radius 3 is 2.75 bits per heavy atom. The largest absolute Gasteiger partial charge is 0.398 e. The minimum atomic E-state index is 0.289. The summed E-state index contributed by atoms with van der Waals surface area (Å²) in [6.07, 6.45) is 14.3. The average molecular weight is 408 g/mol. The lowest BCUT2D eigenvalue weighted by Crippen LogP contribution is -2.46. The van der Waals surface area contributed by atoms with Gasteiger partial charge in [-0.05, 0) is 43.7 Å². The average Bonchev–Trinajstić information content (AvgIpc) is 3.34. The van der Waals surface area contributed by atoms with Gasteiger partial charge in [-0.3, -0.25) is 9.69 Å². The molecule has 2 atom stereocenters. The molecular formula is C23H38ClN3O. The molecule has 5 heteroatoms. The minimum Gasteiger partial charge on any atom is -0.398 e. The number of nitrogens with zero attached hydrogens (tertiary/aromatic N) is 2. The van der Waals surface area contributed by atoms with E-state index in [1.54, 1.807) is 0 Å². The highest BCUT2D eigenvalue weighted by atomic mass is 35.5. The van der Waals surface area contributed by atoms with Crippen molar-refractivity contribution in [2.45, 2.75) is 83.7 Å². The Morgan fingerprint density at radius 2 is 2.07 bits per heavy atom. The molecule has 3 aliphatic rings. The Morgan fingerprint density at radius 1 is 1.32 bits per heavy atom. The molecule has 1 amide bonds. The van der Waals surface area contributed by atoms with Gasteiger partial charge in [-0.1, -0.05) is 57.2 Å². The molecular weight excluding hydrogens is 370 g/mol. The normalized spacial score (nSPS) is 26.2. The smallest absolute Gasteiger partial charge is 0.222 e. The SMILES string of the molecule is CC(C)CCN(C1C=CC(N)=C(Cl)C1)[C@H]1CCN(C(=O)CCC2CCCC2)C1. The third kappa shape index (κ3) is 5.76. The van der Waals surface area contributed by atoms with Crippen molar-refractivity contribution < 1.29 is 4.79 Å². The number of carbonyl (C=O) groups is 1. The fourth-order valence-corrected chi connectivity index (χ4v) is 5.17. The first-order valence-electron chi connectivity index (χ1n) is 11.3. The van der Waals surface area contributed by atoms with E-state index in [0.717, 1.165) is 62.7 Å². The van der Waals surface area contributed by atoms with E-state index in [0.29, 0.717) is 23.6 Å². The van der Waals surface area contributed by atoms with E-state index in [9.17, 15) is 4.79 Å². The first kappa shape index (κ1) is 21.7. The van der Waals surface area contributed by atoms with Crippen molar-refractivity contribution in [3.63, 3.8) is 0 Å². The van der Waals surface area contributed by atoms with Crippen molar-refractivity contribution in [1.82, 2.24) is 9.80 Å². The van der Waals surface area contributed by atoms with Gasteiger partial charge in [-0.2, -0.15) is 0 Å². The van der Waals surface area contributed by atoms with Gasteiger partial charge >= 0.3 is 0 Å². The number of likely N-dealkylation sites (tertiary alicyclic amines) is 1. The molecule has 2 fully saturated rings. The fourth-order valence-electron chi connectivity index (χ4n) is 4.95. The van der Waals surface area contributed by atoms with Crippen molar-refractivity contribution in [3.05, 3.63) is 22.9 Å². The van der Waals surface area contributed by atoms with Crippen LogP contribution in [0.4, 0.5) is 0 Å². The minimum absolute atomic E-state index is 0.289. The lowest BCUT2D eigenvalue weighted by molar-refractivity contribution is -0.130. The third-order valence-corrected chi connectivity index (χ3v) is 7.19. The van der Waals surface area contributed by atoms with Crippen LogP contribution in [0.5, 0.6) is 0 Å². The second-order valence-corrected chi connectivity index (χ2v) is 9.84. The topological polar surface area (TPSA) is 49.6 Å². The van der Waals surface area contributed by atoms with Gasteiger partial charge in [0.1, 0.15) is 0 Å². The molecule has 1 saturated carbocycles. The molecule has 1 heterocycles. The van der Waals surface area contributed by atoms with E-state index in [1.165, 1.54) is 25.7 Å². The Bertz CT molecular complexity index is 595. The van der Waals surface area contributed by atoms with Crippen LogP contribution in [-0.4, -0.2) is 47.4 Å². The van der Waals surface area contributed by atoms with Crippen LogP contribution in [0, 0.1) is 11.8 Å². The number of halogens is 1. The van der Waals surface area contributed by atoms with Gasteiger partial charge in [0.15, 0.2) is 0 Å². The van der Waals surface area contributed by atoms with Gasteiger partial charge in [-0.25, -0.2) is 0 Å². The molecule has 3 rings (SSSR count). The van der Waals surface area contributed by atoms with Gasteiger partial charge in [0.25, 0.3) is 0 Å². The molecule has 0 aromatic rings. The Kier molecular flexibility index (Phi) is 7.87.